The average molecular weight is 1400 g/mol. The van der Waals surface area contributed by atoms with Gasteiger partial charge in [-0.3, -0.25) is 0 Å². The molecule has 4 saturated heterocycles. The Kier molecular flexibility index (Phi) is 41.4. The second-order valence-corrected chi connectivity index (χ2v) is 48.2. The van der Waals surface area contributed by atoms with Crippen LogP contribution in [0.5, 0.6) is 0 Å². The molecule has 31 heteroatoms. The molecule has 0 N–H and O–H groups in total. The van der Waals surface area contributed by atoms with Crippen LogP contribution in [0.25, 0.3) is 0 Å². The normalized spacial score (nSPS) is 26.9. The van der Waals surface area contributed by atoms with E-state index in [1.807, 2.05) is 13.8 Å². The van der Waals surface area contributed by atoms with Gasteiger partial charge in [0.15, 0.2) is 0 Å². The smallest absolute Gasteiger partial charge is 0.478 e. The van der Waals surface area contributed by atoms with Gasteiger partial charge in [-0.25, -0.2) is 0 Å². The van der Waals surface area contributed by atoms with E-state index in [9.17, 15) is 0 Å². The highest BCUT2D eigenvalue weighted by atomic mass is 28.6. The minimum atomic E-state index is -4.36. The third kappa shape index (κ3) is 30.3. The molecule has 0 spiro atoms. The summed E-state index contributed by atoms with van der Waals surface area (Å²) < 4.78 is 152. The molecular weight excluding hydrogens is 1290 g/mol. The number of hydrogen-bond acceptors (Lipinski definition) is 22. The molecule has 4 aliphatic heterocycles. The van der Waals surface area contributed by atoms with Gasteiger partial charge in [0, 0.05) is 104 Å². The van der Waals surface area contributed by atoms with Gasteiger partial charge in [-0.15, -0.1) is 0 Å². The number of hydrogen-bond donors (Lipinski definition) is 0. The van der Waals surface area contributed by atoms with Crippen molar-refractivity contribution in [1.82, 2.24) is 0 Å². The van der Waals surface area contributed by atoms with Crippen LogP contribution in [-0.4, -0.2) is 222 Å². The van der Waals surface area contributed by atoms with Gasteiger partial charge in [-0.2, -0.15) is 0 Å². The Morgan fingerprint density at radius 3 is 1.36 bits per heavy atom. The SMILES string of the molecule is C=C(C)C(=C)CCCC[Si]12C[Si]3(CCCOCCOC)O[Si](CCCOC(=C)C(=C)C)(O[Si]O1)O[Si]1(CCCOCCOC)O[Si](CCCOCCOC)(O[Si]CCCOCCOC)O[Si](CCCOCCOC)(O2)O[Si](CCCCCCCCC)(O3)O1. The summed E-state index contributed by atoms with van der Waals surface area (Å²) in [5.74, 6) is 0.502. The highest BCUT2D eigenvalue weighted by Gasteiger charge is 2.77. The van der Waals surface area contributed by atoms with Crippen LogP contribution < -0.4 is 0 Å². The predicted octanol–water partition coefficient (Wildman–Crippen LogP) is 10.7. The lowest BCUT2D eigenvalue weighted by molar-refractivity contribution is 0.0299. The Bertz CT molecular complexity index is 1840. The third-order valence-corrected chi connectivity index (χ3v) is 52.8. The van der Waals surface area contributed by atoms with Crippen LogP contribution in [-0.2, 0) is 97.4 Å². The van der Waals surface area contributed by atoms with E-state index in [-0.39, 0.29) is 22.4 Å². The van der Waals surface area contributed by atoms with E-state index in [4.69, 9.17) is 97.4 Å². The Hall–Kier alpha value is -0.128. The zero-order valence-electron chi connectivity index (χ0n) is 55.3. The molecule has 4 radical (unpaired) electrons. The molecule has 7 unspecified atom stereocenters. The summed E-state index contributed by atoms with van der Waals surface area (Å²) in [4.78, 5) is 0. The van der Waals surface area contributed by atoms with Crippen molar-refractivity contribution in [2.75, 3.05) is 141 Å². The van der Waals surface area contributed by atoms with Gasteiger partial charge in [0.25, 0.3) is 0 Å². The largest absolute Gasteiger partial charge is 0.494 e. The van der Waals surface area contributed by atoms with Crippen molar-refractivity contribution in [3.63, 3.8) is 0 Å². The monoisotopic (exact) mass is 1400 g/mol. The molecule has 510 valence electrons. The minimum Gasteiger partial charge on any atom is -0.494 e. The lowest BCUT2D eigenvalue weighted by Gasteiger charge is -2.60. The van der Waals surface area contributed by atoms with Crippen molar-refractivity contribution in [2.45, 2.75) is 178 Å². The average Bonchev–Trinajstić information content (AvgIpc) is 0.738. The maximum absolute atomic E-state index is 8.32. The Morgan fingerprint density at radius 1 is 0.398 bits per heavy atom. The first-order valence-electron chi connectivity index (χ1n) is 32.4. The molecule has 0 aromatic heterocycles. The molecule has 0 aromatic carbocycles. The summed E-state index contributed by atoms with van der Waals surface area (Å²) in [6.45, 7) is 29.7. The van der Waals surface area contributed by atoms with Crippen molar-refractivity contribution in [3.8, 4) is 0 Å². The number of ether oxygens (including phenoxy) is 11. The summed E-state index contributed by atoms with van der Waals surface area (Å²) >= 11 is 0. The van der Waals surface area contributed by atoms with Crippen LogP contribution in [0.4, 0.5) is 0 Å². The summed E-state index contributed by atoms with van der Waals surface area (Å²) in [5.41, 5.74) is 3.09. The van der Waals surface area contributed by atoms with E-state index in [1.165, 1.54) is 12.8 Å². The van der Waals surface area contributed by atoms with Crippen molar-refractivity contribution in [1.29, 1.82) is 0 Å². The predicted molar refractivity (Wildman–Crippen MR) is 354 cm³/mol. The molecule has 0 amide bonds. The maximum atomic E-state index is 8.32. The molecular formula is C57H114O22Si9. The van der Waals surface area contributed by atoms with Crippen molar-refractivity contribution in [2.24, 2.45) is 0 Å². The van der Waals surface area contributed by atoms with Gasteiger partial charge in [0.05, 0.1) is 72.7 Å². The van der Waals surface area contributed by atoms with Crippen molar-refractivity contribution < 1.29 is 97.4 Å². The number of allylic oxidation sites excluding steroid dienone is 3. The van der Waals surface area contributed by atoms with Crippen molar-refractivity contribution >= 4 is 80.9 Å². The van der Waals surface area contributed by atoms with Gasteiger partial charge in [-0.05, 0) is 95.3 Å². The Morgan fingerprint density at radius 2 is 0.818 bits per heavy atom. The molecule has 88 heavy (non-hydrogen) atoms. The third-order valence-electron chi connectivity index (χ3n) is 15.0. The first kappa shape index (κ1) is 80.3. The first-order chi connectivity index (χ1) is 42.6. The standard InChI is InChI=1S/C57H114O22Si9/c1-13-14-15-16-17-18-20-48-86-74-83(47-23-30-64-41-36-59-9)53-82(46-21-19-28-56(6)54(2)3)70-81-71-85(73-83,50-27-34-68-57(7)55(4)5)77-88(79-86,52-26-33-67-44-39-62-12)76-84(49-24-31-65-42-37-60-10,69-80-45-22-29-63-40-35-58-8)75-87(72-82,78-86)51-25-32-66-43-38-61-11/h2,4,6-7,13-53H2,1,3,5,8-12H3. The zero-order valence-corrected chi connectivity index (χ0v) is 64.3. The van der Waals surface area contributed by atoms with Gasteiger partial charge in [0.2, 0.25) is 9.76 Å². The molecule has 4 fully saturated rings. The molecule has 7 atom stereocenters. The van der Waals surface area contributed by atoms with E-state index >= 15 is 0 Å². The van der Waals surface area contributed by atoms with Crippen LogP contribution in [0, 0.1) is 0 Å². The summed E-state index contributed by atoms with van der Waals surface area (Å²) in [5, 5.41) is 0. The van der Waals surface area contributed by atoms with Gasteiger partial charge >= 0.3 is 71.2 Å². The van der Waals surface area contributed by atoms with Gasteiger partial charge in [-0.1, -0.05) is 89.3 Å². The maximum Gasteiger partial charge on any atom is 0.478 e. The second-order valence-electron chi connectivity index (χ2n) is 22.9. The number of rotatable bonds is 57. The highest BCUT2D eigenvalue weighted by molar-refractivity contribution is 7.03. The molecule has 0 aromatic rings. The summed E-state index contributed by atoms with van der Waals surface area (Å²) in [7, 11) is -20.9. The van der Waals surface area contributed by atoms with Gasteiger partial charge < -0.3 is 97.4 Å². The van der Waals surface area contributed by atoms with E-state index in [0.717, 1.165) is 74.5 Å². The Balaban J connectivity index is 2.13. The van der Waals surface area contributed by atoms with Crippen LogP contribution >= 0.6 is 0 Å². The summed E-state index contributed by atoms with van der Waals surface area (Å²) in [6, 6.07) is 3.38. The van der Waals surface area contributed by atoms with E-state index < -0.39 is 71.2 Å². The number of unbranched alkanes of at least 4 members (excludes halogenated alkanes) is 7. The van der Waals surface area contributed by atoms with E-state index in [0.29, 0.717) is 185 Å². The summed E-state index contributed by atoms with van der Waals surface area (Å²) in [6.07, 6.45) is 13.0. The van der Waals surface area contributed by atoms with Crippen molar-refractivity contribution in [3.05, 3.63) is 48.8 Å². The number of fused-ring (bicyclic) bond motifs is 4. The molecule has 0 aliphatic carbocycles. The molecule has 4 rings (SSSR count). The molecule has 6 bridgehead atoms. The quantitative estimate of drug-likeness (QED) is 0.0240. The molecule has 4 heterocycles. The van der Waals surface area contributed by atoms with E-state index in [1.54, 1.807) is 35.5 Å². The van der Waals surface area contributed by atoms with Crippen LogP contribution in [0.1, 0.15) is 124 Å². The first-order valence-corrected chi connectivity index (χ1v) is 48.4. The molecule has 0 saturated carbocycles. The lowest BCUT2D eigenvalue weighted by Crippen LogP contribution is -2.83. The van der Waals surface area contributed by atoms with Crippen LogP contribution in [0.2, 0.25) is 54.0 Å². The van der Waals surface area contributed by atoms with E-state index in [2.05, 4.69) is 33.2 Å². The van der Waals surface area contributed by atoms with Gasteiger partial charge in [0.1, 0.15) is 5.76 Å². The Labute approximate surface area is 542 Å². The molecule has 22 nitrogen and oxygen atoms in total. The van der Waals surface area contributed by atoms with Crippen LogP contribution in [0.3, 0.4) is 0 Å². The minimum absolute atomic E-state index is 0.0708. The number of methoxy groups -OCH3 is 5. The zero-order chi connectivity index (χ0) is 63.8. The highest BCUT2D eigenvalue weighted by Crippen LogP contribution is 2.52. The fourth-order valence-corrected chi connectivity index (χ4v) is 59.7. The topological polar surface area (TPSA) is 203 Å². The van der Waals surface area contributed by atoms with Crippen LogP contribution in [0.15, 0.2) is 48.8 Å². The fraction of sp³-hybridized carbons (Fsp3) is 0.860. The second kappa shape index (κ2) is 45.3. The molecule has 4 aliphatic rings. The fourth-order valence-electron chi connectivity index (χ4n) is 10.3. The lowest BCUT2D eigenvalue weighted by atomic mass is 10.1.